The minimum atomic E-state index is -0.206. The van der Waals surface area contributed by atoms with E-state index in [1.807, 2.05) is 44.2 Å². The number of benzene rings is 2. The fourth-order valence-electron chi connectivity index (χ4n) is 2.58. The van der Waals surface area contributed by atoms with E-state index in [1.54, 1.807) is 12.1 Å². The molecule has 0 aromatic heterocycles. The van der Waals surface area contributed by atoms with E-state index in [-0.39, 0.29) is 18.4 Å². The Labute approximate surface area is 147 Å². The van der Waals surface area contributed by atoms with Gasteiger partial charge in [-0.3, -0.25) is 9.59 Å². The van der Waals surface area contributed by atoms with Gasteiger partial charge in [-0.05, 0) is 42.7 Å². The standard InChI is InChI=1S/C19H21ClN2O2/c1-13-5-4-6-14(2)19(13)22(15(3)23)12-18(24)21-11-16-7-9-17(20)10-8-16/h4-10H,11-12H2,1-3H3,(H,21,24). The van der Waals surface area contributed by atoms with Gasteiger partial charge in [-0.25, -0.2) is 0 Å². The van der Waals surface area contributed by atoms with Crippen LogP contribution in [0.1, 0.15) is 23.6 Å². The predicted octanol–water partition coefficient (Wildman–Crippen LogP) is 3.63. The quantitative estimate of drug-likeness (QED) is 0.900. The van der Waals surface area contributed by atoms with E-state index < -0.39 is 0 Å². The molecule has 0 radical (unpaired) electrons. The van der Waals surface area contributed by atoms with Crippen LogP contribution in [0.4, 0.5) is 5.69 Å². The van der Waals surface area contributed by atoms with Gasteiger partial charge >= 0.3 is 0 Å². The number of hydrogen-bond donors (Lipinski definition) is 1. The van der Waals surface area contributed by atoms with Crippen LogP contribution < -0.4 is 10.2 Å². The summed E-state index contributed by atoms with van der Waals surface area (Å²) in [7, 11) is 0. The summed E-state index contributed by atoms with van der Waals surface area (Å²) in [5, 5.41) is 3.49. The maximum Gasteiger partial charge on any atom is 0.240 e. The number of rotatable bonds is 5. The normalized spacial score (nSPS) is 10.3. The second-order valence-electron chi connectivity index (χ2n) is 5.75. The Morgan fingerprint density at radius 3 is 2.17 bits per heavy atom. The fourth-order valence-corrected chi connectivity index (χ4v) is 2.71. The zero-order valence-corrected chi connectivity index (χ0v) is 14.9. The molecule has 2 aromatic rings. The molecule has 0 atom stereocenters. The highest BCUT2D eigenvalue weighted by molar-refractivity contribution is 6.30. The maximum absolute atomic E-state index is 12.3. The Bertz CT molecular complexity index is 721. The lowest BCUT2D eigenvalue weighted by molar-refractivity contribution is -0.123. The van der Waals surface area contributed by atoms with Crippen molar-refractivity contribution in [3.05, 3.63) is 64.2 Å². The fraction of sp³-hybridized carbons (Fsp3) is 0.263. The molecule has 0 saturated carbocycles. The van der Waals surface area contributed by atoms with Gasteiger partial charge in [-0.2, -0.15) is 0 Å². The third-order valence-electron chi connectivity index (χ3n) is 3.79. The molecular formula is C19H21ClN2O2. The molecule has 0 aliphatic rings. The van der Waals surface area contributed by atoms with Crippen LogP contribution in [0.15, 0.2) is 42.5 Å². The Hall–Kier alpha value is -2.33. The molecule has 2 rings (SSSR count). The van der Waals surface area contributed by atoms with Crippen molar-refractivity contribution >= 4 is 29.1 Å². The van der Waals surface area contributed by atoms with Gasteiger partial charge in [0.05, 0.1) is 5.69 Å². The van der Waals surface area contributed by atoms with Crippen molar-refractivity contribution in [3.63, 3.8) is 0 Å². The molecular weight excluding hydrogens is 324 g/mol. The molecule has 4 nitrogen and oxygen atoms in total. The van der Waals surface area contributed by atoms with Gasteiger partial charge < -0.3 is 10.2 Å². The van der Waals surface area contributed by atoms with Crippen LogP contribution in [0.2, 0.25) is 5.02 Å². The molecule has 0 unspecified atom stereocenters. The number of amides is 2. The number of aryl methyl sites for hydroxylation is 2. The van der Waals surface area contributed by atoms with E-state index in [0.717, 1.165) is 22.4 Å². The third-order valence-corrected chi connectivity index (χ3v) is 4.05. The molecule has 0 aliphatic carbocycles. The highest BCUT2D eigenvalue weighted by Crippen LogP contribution is 2.24. The number of anilines is 1. The van der Waals surface area contributed by atoms with Crippen molar-refractivity contribution in [1.29, 1.82) is 0 Å². The van der Waals surface area contributed by atoms with E-state index in [0.29, 0.717) is 11.6 Å². The number of nitrogens with one attached hydrogen (secondary N) is 1. The lowest BCUT2D eigenvalue weighted by Crippen LogP contribution is -2.40. The third kappa shape index (κ3) is 4.59. The molecule has 5 heteroatoms. The minimum absolute atomic E-state index is 0.00534. The van der Waals surface area contributed by atoms with Gasteiger partial charge in [0, 0.05) is 18.5 Å². The van der Waals surface area contributed by atoms with Gasteiger partial charge in [0.1, 0.15) is 6.54 Å². The van der Waals surface area contributed by atoms with Gasteiger partial charge in [0.25, 0.3) is 0 Å². The highest BCUT2D eigenvalue weighted by Gasteiger charge is 2.19. The molecule has 0 heterocycles. The van der Waals surface area contributed by atoms with Crippen molar-refractivity contribution < 1.29 is 9.59 Å². The zero-order chi connectivity index (χ0) is 17.7. The van der Waals surface area contributed by atoms with Crippen LogP contribution in [0.5, 0.6) is 0 Å². The van der Waals surface area contributed by atoms with Crippen molar-refractivity contribution in [2.24, 2.45) is 0 Å². The van der Waals surface area contributed by atoms with Crippen LogP contribution in [0.3, 0.4) is 0 Å². The average molecular weight is 345 g/mol. The van der Waals surface area contributed by atoms with Crippen molar-refractivity contribution in [3.8, 4) is 0 Å². The molecule has 126 valence electrons. The molecule has 2 amide bonds. The van der Waals surface area contributed by atoms with E-state index >= 15 is 0 Å². The number of carbonyl (C=O) groups excluding carboxylic acids is 2. The summed E-state index contributed by atoms with van der Waals surface area (Å²) in [4.78, 5) is 25.8. The molecule has 0 saturated heterocycles. The monoisotopic (exact) mass is 344 g/mol. The second-order valence-corrected chi connectivity index (χ2v) is 6.19. The largest absolute Gasteiger partial charge is 0.350 e. The first-order chi connectivity index (χ1) is 11.4. The van der Waals surface area contributed by atoms with Gasteiger partial charge in [-0.15, -0.1) is 0 Å². The molecule has 0 bridgehead atoms. The van der Waals surface area contributed by atoms with Crippen LogP contribution in [0.25, 0.3) is 0 Å². The maximum atomic E-state index is 12.3. The summed E-state index contributed by atoms with van der Waals surface area (Å²) in [5.74, 6) is -0.364. The summed E-state index contributed by atoms with van der Waals surface area (Å²) in [5.41, 5.74) is 3.69. The Kier molecular flexibility index (Phi) is 5.99. The smallest absolute Gasteiger partial charge is 0.240 e. The van der Waals surface area contributed by atoms with Crippen LogP contribution >= 0.6 is 11.6 Å². The van der Waals surface area contributed by atoms with Crippen LogP contribution in [0, 0.1) is 13.8 Å². The second kappa shape index (κ2) is 7.97. The predicted molar refractivity (Wildman–Crippen MR) is 97.2 cm³/mol. The summed E-state index contributed by atoms with van der Waals surface area (Å²) >= 11 is 5.84. The van der Waals surface area contributed by atoms with Gasteiger partial charge in [0.15, 0.2) is 0 Å². The van der Waals surface area contributed by atoms with E-state index in [4.69, 9.17) is 11.6 Å². The molecule has 2 aromatic carbocycles. The van der Waals surface area contributed by atoms with Crippen molar-refractivity contribution in [2.75, 3.05) is 11.4 Å². The number of nitrogens with zero attached hydrogens (tertiary/aromatic N) is 1. The molecule has 0 fully saturated rings. The topological polar surface area (TPSA) is 49.4 Å². The number of halogens is 1. The lowest BCUT2D eigenvalue weighted by Gasteiger charge is -2.24. The number of para-hydroxylation sites is 1. The molecule has 1 N–H and O–H groups in total. The minimum Gasteiger partial charge on any atom is -0.350 e. The molecule has 0 spiro atoms. The van der Waals surface area contributed by atoms with Crippen molar-refractivity contribution in [1.82, 2.24) is 5.32 Å². The Balaban J connectivity index is 2.06. The average Bonchev–Trinajstić information content (AvgIpc) is 2.53. The summed E-state index contributed by atoms with van der Waals surface area (Å²) in [6, 6.07) is 13.1. The van der Waals surface area contributed by atoms with Crippen molar-refractivity contribution in [2.45, 2.75) is 27.3 Å². The highest BCUT2D eigenvalue weighted by atomic mass is 35.5. The van der Waals surface area contributed by atoms with E-state index in [2.05, 4.69) is 5.32 Å². The Morgan fingerprint density at radius 2 is 1.62 bits per heavy atom. The first kappa shape index (κ1) is 18.0. The SMILES string of the molecule is CC(=O)N(CC(=O)NCc1ccc(Cl)cc1)c1c(C)cccc1C. The summed E-state index contributed by atoms with van der Waals surface area (Å²) < 4.78 is 0. The van der Waals surface area contributed by atoms with Crippen LogP contribution in [-0.2, 0) is 16.1 Å². The first-order valence-corrected chi connectivity index (χ1v) is 8.11. The van der Waals surface area contributed by atoms with Crippen LogP contribution in [-0.4, -0.2) is 18.4 Å². The summed E-state index contributed by atoms with van der Waals surface area (Å²) in [6.07, 6.45) is 0. The van der Waals surface area contributed by atoms with Gasteiger partial charge in [-0.1, -0.05) is 41.9 Å². The molecule has 0 aliphatic heterocycles. The lowest BCUT2D eigenvalue weighted by atomic mass is 10.1. The number of hydrogen-bond acceptors (Lipinski definition) is 2. The van der Waals surface area contributed by atoms with Gasteiger partial charge in [0.2, 0.25) is 11.8 Å². The zero-order valence-electron chi connectivity index (χ0n) is 14.1. The first-order valence-electron chi connectivity index (χ1n) is 7.74. The Morgan fingerprint density at radius 1 is 1.04 bits per heavy atom. The molecule has 24 heavy (non-hydrogen) atoms. The number of carbonyl (C=O) groups is 2. The van der Waals surface area contributed by atoms with E-state index in [1.165, 1.54) is 11.8 Å². The van der Waals surface area contributed by atoms with E-state index in [9.17, 15) is 9.59 Å². The summed E-state index contributed by atoms with van der Waals surface area (Å²) in [6.45, 7) is 5.73.